The van der Waals surface area contributed by atoms with Crippen LogP contribution in [0, 0.1) is 11.2 Å². The number of anilines is 1. The number of sulfone groups is 1. The van der Waals surface area contributed by atoms with Gasteiger partial charge in [-0.15, -0.1) is 0 Å². The molecule has 1 amide bonds. The SMILES string of the molecule is COc1ccc(C(=O)Nc2ccc(F)c([C@]3(C)CS(=O)(=O)C(C)(C)C(=N)N3)c2)nc1. The van der Waals surface area contributed by atoms with Crippen LogP contribution in [0.25, 0.3) is 0 Å². The van der Waals surface area contributed by atoms with Crippen molar-refractivity contribution >= 4 is 27.3 Å². The number of pyridine rings is 1. The van der Waals surface area contributed by atoms with Crippen LogP contribution in [-0.4, -0.2) is 42.8 Å². The van der Waals surface area contributed by atoms with Gasteiger partial charge in [-0.1, -0.05) is 0 Å². The Morgan fingerprint density at radius 2 is 1.97 bits per heavy atom. The Morgan fingerprint density at radius 3 is 2.53 bits per heavy atom. The van der Waals surface area contributed by atoms with Gasteiger partial charge < -0.3 is 15.4 Å². The highest BCUT2D eigenvalue weighted by molar-refractivity contribution is 7.93. The lowest BCUT2D eigenvalue weighted by Gasteiger charge is -2.43. The average Bonchev–Trinajstić information content (AvgIpc) is 2.67. The van der Waals surface area contributed by atoms with Crippen molar-refractivity contribution in [3.63, 3.8) is 0 Å². The van der Waals surface area contributed by atoms with Crippen molar-refractivity contribution < 1.29 is 22.3 Å². The molecular formula is C20H23FN4O4S. The Bertz CT molecular complexity index is 1120. The zero-order chi connectivity index (χ0) is 22.3. The maximum atomic E-state index is 14.7. The molecule has 0 unspecified atom stereocenters. The van der Waals surface area contributed by atoms with E-state index in [0.717, 1.165) is 6.07 Å². The number of aromatic nitrogens is 1. The van der Waals surface area contributed by atoms with Crippen LogP contribution in [0.4, 0.5) is 10.1 Å². The summed E-state index contributed by atoms with van der Waals surface area (Å²) in [6.07, 6.45) is 1.40. The molecule has 3 N–H and O–H groups in total. The molecule has 1 aromatic carbocycles. The van der Waals surface area contributed by atoms with Crippen molar-refractivity contribution in [1.82, 2.24) is 10.3 Å². The summed E-state index contributed by atoms with van der Waals surface area (Å²) in [6.45, 7) is 4.39. The van der Waals surface area contributed by atoms with Gasteiger partial charge >= 0.3 is 0 Å². The van der Waals surface area contributed by atoms with Gasteiger partial charge in [0.05, 0.1) is 24.6 Å². The molecule has 2 heterocycles. The highest BCUT2D eigenvalue weighted by Gasteiger charge is 2.51. The second-order valence-corrected chi connectivity index (χ2v) is 10.4. The Balaban J connectivity index is 1.91. The van der Waals surface area contributed by atoms with E-state index >= 15 is 0 Å². The van der Waals surface area contributed by atoms with E-state index in [1.54, 1.807) is 6.07 Å². The second kappa shape index (κ2) is 7.35. The van der Waals surface area contributed by atoms with Crippen LogP contribution in [0.15, 0.2) is 36.5 Å². The molecule has 1 atom stereocenters. The van der Waals surface area contributed by atoms with E-state index in [2.05, 4.69) is 15.6 Å². The molecule has 1 aliphatic heterocycles. The van der Waals surface area contributed by atoms with Gasteiger partial charge in [0, 0.05) is 11.3 Å². The lowest BCUT2D eigenvalue weighted by molar-refractivity contribution is 0.102. The molecule has 3 rings (SSSR count). The van der Waals surface area contributed by atoms with Crippen molar-refractivity contribution in [3.8, 4) is 5.75 Å². The number of carbonyl (C=O) groups is 1. The van der Waals surface area contributed by atoms with Crippen LogP contribution < -0.4 is 15.4 Å². The molecule has 2 aromatic rings. The molecule has 1 aliphatic rings. The highest BCUT2D eigenvalue weighted by Crippen LogP contribution is 2.36. The van der Waals surface area contributed by atoms with Crippen LogP contribution in [0.1, 0.15) is 36.8 Å². The number of nitrogens with one attached hydrogen (secondary N) is 3. The Kier molecular flexibility index (Phi) is 5.32. The smallest absolute Gasteiger partial charge is 0.274 e. The van der Waals surface area contributed by atoms with E-state index in [-0.39, 0.29) is 22.8 Å². The number of amides is 1. The molecule has 0 saturated carbocycles. The minimum absolute atomic E-state index is 0.0341. The van der Waals surface area contributed by atoms with E-state index in [9.17, 15) is 17.6 Å². The summed E-state index contributed by atoms with van der Waals surface area (Å²) in [4.78, 5) is 16.5. The molecule has 1 saturated heterocycles. The zero-order valence-corrected chi connectivity index (χ0v) is 17.9. The first-order chi connectivity index (χ1) is 13.9. The van der Waals surface area contributed by atoms with Gasteiger partial charge in [-0.25, -0.2) is 17.8 Å². The zero-order valence-electron chi connectivity index (χ0n) is 17.0. The van der Waals surface area contributed by atoms with Crippen molar-refractivity contribution in [3.05, 3.63) is 53.6 Å². The fraction of sp³-hybridized carbons (Fsp3) is 0.350. The lowest BCUT2D eigenvalue weighted by Crippen LogP contribution is -2.64. The van der Waals surface area contributed by atoms with Crippen molar-refractivity contribution in [2.75, 3.05) is 18.2 Å². The third-order valence-corrected chi connectivity index (χ3v) is 8.00. The fourth-order valence-electron chi connectivity index (χ4n) is 3.18. The number of rotatable bonds is 4. The molecule has 30 heavy (non-hydrogen) atoms. The summed E-state index contributed by atoms with van der Waals surface area (Å²) in [7, 11) is -2.25. The summed E-state index contributed by atoms with van der Waals surface area (Å²) in [5.74, 6) is -1.28. The van der Waals surface area contributed by atoms with Crippen molar-refractivity contribution in [2.24, 2.45) is 0 Å². The third-order valence-electron chi connectivity index (χ3n) is 5.28. The van der Waals surface area contributed by atoms with Crippen molar-refractivity contribution in [2.45, 2.75) is 31.1 Å². The molecule has 8 nitrogen and oxygen atoms in total. The molecular weight excluding hydrogens is 411 g/mol. The normalized spacial score (nSPS) is 22.1. The standard InChI is InChI=1S/C20H23FN4O4S/c1-19(2)18(22)25-20(3,11-30(19,27)28)14-9-12(5-7-15(14)21)24-17(26)16-8-6-13(29-4)10-23-16/h5-10H,11H2,1-4H3,(H2,22,25)(H,24,26)/t20-/m0/s1. The first-order valence-corrected chi connectivity index (χ1v) is 10.8. The molecule has 0 aliphatic carbocycles. The van der Waals surface area contributed by atoms with E-state index in [0.29, 0.717) is 5.75 Å². The minimum Gasteiger partial charge on any atom is -0.495 e. The first-order valence-electron chi connectivity index (χ1n) is 9.10. The summed E-state index contributed by atoms with van der Waals surface area (Å²) in [5.41, 5.74) is -0.929. The molecule has 1 aromatic heterocycles. The predicted octanol–water partition coefficient (Wildman–Crippen LogP) is 2.47. The number of carbonyl (C=O) groups excluding carboxylic acids is 1. The molecule has 0 radical (unpaired) electrons. The lowest BCUT2D eigenvalue weighted by atomic mass is 9.91. The van der Waals surface area contributed by atoms with E-state index < -0.39 is 37.6 Å². The third kappa shape index (κ3) is 3.74. The Labute approximate surface area is 174 Å². The predicted molar refractivity (Wildman–Crippen MR) is 111 cm³/mol. The number of benzene rings is 1. The number of halogens is 1. The van der Waals surface area contributed by atoms with Crippen LogP contribution in [0.5, 0.6) is 5.75 Å². The van der Waals surface area contributed by atoms with Crippen LogP contribution in [0.3, 0.4) is 0 Å². The number of methoxy groups -OCH3 is 1. The first kappa shape index (κ1) is 21.7. The summed E-state index contributed by atoms with van der Waals surface area (Å²) >= 11 is 0. The van der Waals surface area contributed by atoms with Gasteiger partial charge in [-0.05, 0) is 51.1 Å². The second-order valence-electron chi connectivity index (χ2n) is 7.83. The van der Waals surface area contributed by atoms with Crippen LogP contribution in [0.2, 0.25) is 0 Å². The largest absolute Gasteiger partial charge is 0.495 e. The average molecular weight is 434 g/mol. The van der Waals surface area contributed by atoms with Crippen LogP contribution in [-0.2, 0) is 15.4 Å². The van der Waals surface area contributed by atoms with Crippen LogP contribution >= 0.6 is 0 Å². The monoisotopic (exact) mass is 434 g/mol. The number of hydrogen-bond donors (Lipinski definition) is 3. The van der Waals surface area contributed by atoms with Crippen molar-refractivity contribution in [1.29, 1.82) is 5.41 Å². The maximum absolute atomic E-state index is 14.7. The van der Waals surface area contributed by atoms with Gasteiger partial charge in [0.15, 0.2) is 9.84 Å². The Morgan fingerprint density at radius 1 is 1.27 bits per heavy atom. The molecule has 1 fully saturated rings. The Hall–Kier alpha value is -3.01. The topological polar surface area (TPSA) is 121 Å². The fourth-order valence-corrected chi connectivity index (χ4v) is 4.89. The minimum atomic E-state index is -3.73. The molecule has 10 heteroatoms. The van der Waals surface area contributed by atoms with Gasteiger partial charge in [0.2, 0.25) is 0 Å². The number of hydrogen-bond acceptors (Lipinski definition) is 6. The van der Waals surface area contributed by atoms with Gasteiger partial charge in [0.25, 0.3) is 5.91 Å². The van der Waals surface area contributed by atoms with E-state index in [1.807, 2.05) is 0 Å². The highest BCUT2D eigenvalue weighted by atomic mass is 32.2. The summed E-state index contributed by atoms with van der Waals surface area (Å²) in [6, 6.07) is 6.96. The van der Waals surface area contributed by atoms with E-state index in [1.165, 1.54) is 52.3 Å². The number of nitrogens with zero attached hydrogens (tertiary/aromatic N) is 1. The molecule has 0 spiro atoms. The van der Waals surface area contributed by atoms with E-state index in [4.69, 9.17) is 10.1 Å². The quantitative estimate of drug-likeness (QED) is 0.680. The van der Waals surface area contributed by atoms with Gasteiger partial charge in [0.1, 0.15) is 27.8 Å². The van der Waals surface area contributed by atoms with Gasteiger partial charge in [-0.3, -0.25) is 10.2 Å². The van der Waals surface area contributed by atoms with Gasteiger partial charge in [-0.2, -0.15) is 0 Å². The molecule has 0 bridgehead atoms. The number of ether oxygens (including phenoxy) is 1. The summed E-state index contributed by atoms with van der Waals surface area (Å²) in [5, 5.41) is 13.6. The maximum Gasteiger partial charge on any atom is 0.274 e. The summed E-state index contributed by atoms with van der Waals surface area (Å²) < 4.78 is 43.7. The molecule has 160 valence electrons. The number of amidine groups is 1.